The number of nitrogens with zero attached hydrogens (tertiary/aromatic N) is 3. The molecule has 1 aromatic heterocycles. The third-order valence-corrected chi connectivity index (χ3v) is 5.12. The van der Waals surface area contributed by atoms with Crippen LogP contribution in [0.2, 0.25) is 0 Å². The molecule has 2 rings (SSSR count). The maximum atomic E-state index is 8.90. The standard InChI is InChI=1S/C17H25N3/c1-16(2,3)17(4)6-9-20(10-7-17)13-14-5-8-19-15(11-14)12-18/h5,8,11H,6-7,9-10,13H2,1-4H3. The van der Waals surface area contributed by atoms with Gasteiger partial charge in [0.25, 0.3) is 0 Å². The van der Waals surface area contributed by atoms with Crippen molar-refractivity contribution in [3.63, 3.8) is 0 Å². The van der Waals surface area contributed by atoms with Crippen molar-refractivity contribution in [2.24, 2.45) is 10.8 Å². The number of pyridine rings is 1. The van der Waals surface area contributed by atoms with E-state index >= 15 is 0 Å². The molecule has 1 aliphatic heterocycles. The fraction of sp³-hybridized carbons (Fsp3) is 0.647. The zero-order valence-corrected chi connectivity index (χ0v) is 13.1. The molecule has 1 saturated heterocycles. The second-order valence-corrected chi connectivity index (χ2v) is 7.25. The van der Waals surface area contributed by atoms with E-state index in [-0.39, 0.29) is 0 Å². The molecule has 0 aromatic carbocycles. The van der Waals surface area contributed by atoms with Crippen LogP contribution < -0.4 is 0 Å². The van der Waals surface area contributed by atoms with Crippen LogP contribution in [0.5, 0.6) is 0 Å². The highest BCUT2D eigenvalue weighted by Crippen LogP contribution is 2.46. The molecule has 0 amide bonds. The van der Waals surface area contributed by atoms with Gasteiger partial charge in [-0.2, -0.15) is 5.26 Å². The van der Waals surface area contributed by atoms with Gasteiger partial charge in [-0.3, -0.25) is 4.90 Å². The van der Waals surface area contributed by atoms with Gasteiger partial charge in [0.15, 0.2) is 0 Å². The van der Waals surface area contributed by atoms with E-state index in [0.29, 0.717) is 16.5 Å². The molecule has 3 nitrogen and oxygen atoms in total. The summed E-state index contributed by atoms with van der Waals surface area (Å²) in [6, 6.07) is 6.02. The van der Waals surface area contributed by atoms with Crippen LogP contribution in [0, 0.1) is 22.2 Å². The largest absolute Gasteiger partial charge is 0.299 e. The van der Waals surface area contributed by atoms with E-state index in [1.165, 1.54) is 18.4 Å². The van der Waals surface area contributed by atoms with E-state index in [2.05, 4.69) is 43.6 Å². The van der Waals surface area contributed by atoms with Crippen molar-refractivity contribution in [1.82, 2.24) is 9.88 Å². The van der Waals surface area contributed by atoms with Crippen molar-refractivity contribution in [3.05, 3.63) is 29.6 Å². The molecular formula is C17H25N3. The topological polar surface area (TPSA) is 39.9 Å². The lowest BCUT2D eigenvalue weighted by Crippen LogP contribution is -2.44. The molecule has 2 heterocycles. The second-order valence-electron chi connectivity index (χ2n) is 7.25. The number of aromatic nitrogens is 1. The Kier molecular flexibility index (Phi) is 4.15. The SMILES string of the molecule is CC(C)(C)C1(C)CCN(Cc2ccnc(C#N)c2)CC1. The molecule has 0 aliphatic carbocycles. The van der Waals surface area contributed by atoms with Crippen LogP contribution in [0.25, 0.3) is 0 Å². The first kappa shape index (κ1) is 15.0. The molecule has 0 saturated carbocycles. The molecule has 0 atom stereocenters. The normalized spacial score (nSPS) is 19.6. The average Bonchev–Trinajstić information content (AvgIpc) is 2.40. The van der Waals surface area contributed by atoms with Gasteiger partial charge >= 0.3 is 0 Å². The smallest absolute Gasteiger partial charge is 0.140 e. The van der Waals surface area contributed by atoms with Crippen LogP contribution in [0.1, 0.15) is 51.8 Å². The number of likely N-dealkylation sites (tertiary alicyclic amines) is 1. The van der Waals surface area contributed by atoms with E-state index in [4.69, 9.17) is 5.26 Å². The number of hydrogen-bond acceptors (Lipinski definition) is 3. The van der Waals surface area contributed by atoms with Crippen molar-refractivity contribution >= 4 is 0 Å². The summed E-state index contributed by atoms with van der Waals surface area (Å²) in [5, 5.41) is 8.90. The van der Waals surface area contributed by atoms with Gasteiger partial charge in [0.1, 0.15) is 11.8 Å². The van der Waals surface area contributed by atoms with Crippen LogP contribution in [-0.2, 0) is 6.54 Å². The summed E-state index contributed by atoms with van der Waals surface area (Å²) in [6.07, 6.45) is 4.22. The van der Waals surface area contributed by atoms with E-state index in [1.807, 2.05) is 12.1 Å². The number of hydrogen-bond donors (Lipinski definition) is 0. The van der Waals surface area contributed by atoms with Crippen molar-refractivity contribution in [2.45, 2.75) is 47.1 Å². The van der Waals surface area contributed by atoms with Crippen molar-refractivity contribution in [2.75, 3.05) is 13.1 Å². The molecule has 0 radical (unpaired) electrons. The van der Waals surface area contributed by atoms with Gasteiger partial charge in [0, 0.05) is 12.7 Å². The van der Waals surface area contributed by atoms with Gasteiger partial charge in [0.2, 0.25) is 0 Å². The fourth-order valence-corrected chi connectivity index (χ4v) is 2.85. The Morgan fingerprint density at radius 1 is 1.35 bits per heavy atom. The second kappa shape index (κ2) is 5.54. The number of nitriles is 1. The van der Waals surface area contributed by atoms with Gasteiger partial charge < -0.3 is 0 Å². The van der Waals surface area contributed by atoms with E-state index in [1.54, 1.807) is 6.20 Å². The van der Waals surface area contributed by atoms with Gasteiger partial charge in [-0.1, -0.05) is 27.7 Å². The summed E-state index contributed by atoms with van der Waals surface area (Å²) >= 11 is 0. The number of rotatable bonds is 2. The lowest BCUT2D eigenvalue weighted by molar-refractivity contribution is 0.0198. The zero-order valence-electron chi connectivity index (χ0n) is 13.1. The molecule has 0 N–H and O–H groups in total. The average molecular weight is 271 g/mol. The van der Waals surface area contributed by atoms with Crippen molar-refractivity contribution < 1.29 is 0 Å². The van der Waals surface area contributed by atoms with Crippen LogP contribution in [0.3, 0.4) is 0 Å². The van der Waals surface area contributed by atoms with Crippen LogP contribution in [0.4, 0.5) is 0 Å². The van der Waals surface area contributed by atoms with E-state index in [0.717, 1.165) is 19.6 Å². The summed E-state index contributed by atoms with van der Waals surface area (Å²) in [7, 11) is 0. The Hall–Kier alpha value is -1.40. The molecule has 0 unspecified atom stereocenters. The minimum absolute atomic E-state index is 0.365. The molecule has 0 spiro atoms. The molecule has 0 bridgehead atoms. The fourth-order valence-electron chi connectivity index (χ4n) is 2.85. The molecule has 1 fully saturated rings. The minimum Gasteiger partial charge on any atom is -0.299 e. The number of piperidine rings is 1. The van der Waals surface area contributed by atoms with Crippen LogP contribution >= 0.6 is 0 Å². The Labute approximate surface area is 122 Å². The predicted octanol–water partition coefficient (Wildman–Crippen LogP) is 3.60. The van der Waals surface area contributed by atoms with E-state index in [9.17, 15) is 0 Å². The first-order chi connectivity index (χ1) is 9.34. The quantitative estimate of drug-likeness (QED) is 0.825. The highest BCUT2D eigenvalue weighted by molar-refractivity contribution is 5.25. The van der Waals surface area contributed by atoms with Gasteiger partial charge in [-0.15, -0.1) is 0 Å². The summed E-state index contributed by atoms with van der Waals surface area (Å²) in [4.78, 5) is 6.52. The van der Waals surface area contributed by atoms with Crippen molar-refractivity contribution in [1.29, 1.82) is 5.26 Å². The monoisotopic (exact) mass is 271 g/mol. The maximum Gasteiger partial charge on any atom is 0.140 e. The van der Waals surface area contributed by atoms with Gasteiger partial charge in [0.05, 0.1) is 0 Å². The van der Waals surface area contributed by atoms with E-state index < -0.39 is 0 Å². The first-order valence-corrected chi connectivity index (χ1v) is 7.41. The lowest BCUT2D eigenvalue weighted by Gasteiger charge is -2.48. The van der Waals surface area contributed by atoms with Crippen LogP contribution in [0.15, 0.2) is 18.3 Å². The third kappa shape index (κ3) is 3.19. The minimum atomic E-state index is 0.365. The zero-order chi connectivity index (χ0) is 14.8. The third-order valence-electron chi connectivity index (χ3n) is 5.12. The first-order valence-electron chi connectivity index (χ1n) is 7.41. The Morgan fingerprint density at radius 3 is 2.55 bits per heavy atom. The highest BCUT2D eigenvalue weighted by Gasteiger charge is 2.39. The summed E-state index contributed by atoms with van der Waals surface area (Å²) in [6.45, 7) is 12.7. The molecule has 108 valence electrons. The molecule has 20 heavy (non-hydrogen) atoms. The predicted molar refractivity (Wildman–Crippen MR) is 81.0 cm³/mol. The lowest BCUT2D eigenvalue weighted by atomic mass is 9.63. The summed E-state index contributed by atoms with van der Waals surface area (Å²) in [5.74, 6) is 0. The van der Waals surface area contributed by atoms with Crippen LogP contribution in [-0.4, -0.2) is 23.0 Å². The summed E-state index contributed by atoms with van der Waals surface area (Å²) in [5.41, 5.74) is 2.50. The summed E-state index contributed by atoms with van der Waals surface area (Å²) < 4.78 is 0. The Morgan fingerprint density at radius 2 is 2.00 bits per heavy atom. The molecular weight excluding hydrogens is 246 g/mol. The molecule has 1 aromatic rings. The maximum absolute atomic E-state index is 8.90. The van der Waals surface area contributed by atoms with Crippen molar-refractivity contribution in [3.8, 4) is 6.07 Å². The van der Waals surface area contributed by atoms with Gasteiger partial charge in [-0.25, -0.2) is 4.98 Å². The molecule has 3 heteroatoms. The Balaban J connectivity index is 1.97. The Bertz CT molecular complexity index is 500. The molecule has 1 aliphatic rings. The highest BCUT2D eigenvalue weighted by atomic mass is 15.1. The van der Waals surface area contributed by atoms with Gasteiger partial charge in [-0.05, 0) is 54.5 Å².